The number of thioether (sulfide) groups is 1. The summed E-state index contributed by atoms with van der Waals surface area (Å²) < 4.78 is 49.7. The topological polar surface area (TPSA) is 58.9 Å². The fourth-order valence-electron chi connectivity index (χ4n) is 3.39. The minimum atomic E-state index is -2.89. The molecule has 5 nitrogen and oxygen atoms in total. The molecular weight excluding hydrogens is 370 g/mol. The fourth-order valence-corrected chi connectivity index (χ4v) is 6.04. The van der Waals surface area contributed by atoms with Crippen LogP contribution in [0.3, 0.4) is 0 Å². The standard InChI is InChI=1S/C16H20F2N2O3S2/c17-12-1-2-15(14(18)9-12)24-10-16(21)20-6-4-19(5-7-20)13-3-8-25(22,23)11-13/h1-2,9,13H,3-8,10-11H2/p+1/t13-/m0/s1. The number of sulfone groups is 1. The highest BCUT2D eigenvalue weighted by Gasteiger charge is 2.37. The molecular formula is C16H21F2N2O3S2+. The molecule has 2 aliphatic heterocycles. The van der Waals surface area contributed by atoms with Crippen molar-refractivity contribution in [2.75, 3.05) is 43.4 Å². The third-order valence-corrected chi connectivity index (χ3v) is 7.61. The van der Waals surface area contributed by atoms with E-state index in [-0.39, 0.29) is 34.1 Å². The van der Waals surface area contributed by atoms with Crippen molar-refractivity contribution in [2.24, 2.45) is 0 Å². The van der Waals surface area contributed by atoms with Gasteiger partial charge in [-0.05, 0) is 12.1 Å². The van der Waals surface area contributed by atoms with Crippen LogP contribution in [0.5, 0.6) is 0 Å². The zero-order chi connectivity index (χ0) is 18.0. The van der Waals surface area contributed by atoms with E-state index in [1.54, 1.807) is 4.90 Å². The molecule has 0 radical (unpaired) electrons. The van der Waals surface area contributed by atoms with Crippen molar-refractivity contribution < 1.29 is 26.9 Å². The van der Waals surface area contributed by atoms with Gasteiger partial charge in [-0.2, -0.15) is 0 Å². The van der Waals surface area contributed by atoms with Crippen LogP contribution in [0.4, 0.5) is 8.78 Å². The van der Waals surface area contributed by atoms with Crippen LogP contribution in [0.1, 0.15) is 6.42 Å². The maximum atomic E-state index is 13.6. The van der Waals surface area contributed by atoms with Gasteiger partial charge in [-0.25, -0.2) is 17.2 Å². The van der Waals surface area contributed by atoms with E-state index < -0.39 is 21.5 Å². The summed E-state index contributed by atoms with van der Waals surface area (Å²) in [5.74, 6) is -0.752. The van der Waals surface area contributed by atoms with E-state index in [0.717, 1.165) is 30.9 Å². The average molecular weight is 391 g/mol. The molecule has 1 N–H and O–H groups in total. The second-order valence-corrected chi connectivity index (χ2v) is 9.75. The van der Waals surface area contributed by atoms with E-state index in [1.807, 2.05) is 0 Å². The van der Waals surface area contributed by atoms with Gasteiger partial charge >= 0.3 is 0 Å². The zero-order valence-electron chi connectivity index (χ0n) is 13.7. The molecule has 1 aromatic rings. The van der Waals surface area contributed by atoms with E-state index in [2.05, 4.69) is 0 Å². The van der Waals surface area contributed by atoms with Crippen molar-refractivity contribution in [3.8, 4) is 0 Å². The first-order chi connectivity index (χ1) is 11.8. The molecule has 9 heteroatoms. The smallest absolute Gasteiger partial charge is 0.233 e. The first kappa shape index (κ1) is 18.6. The number of carbonyl (C=O) groups is 1. The fraction of sp³-hybridized carbons (Fsp3) is 0.562. The van der Waals surface area contributed by atoms with Crippen LogP contribution in [0.15, 0.2) is 23.1 Å². The van der Waals surface area contributed by atoms with Gasteiger partial charge in [0, 0.05) is 17.4 Å². The Hall–Kier alpha value is -1.19. The largest absolute Gasteiger partial charge is 0.331 e. The predicted molar refractivity (Wildman–Crippen MR) is 91.4 cm³/mol. The molecule has 1 atom stereocenters. The van der Waals surface area contributed by atoms with Crippen LogP contribution in [-0.4, -0.2) is 68.7 Å². The summed E-state index contributed by atoms with van der Waals surface area (Å²) >= 11 is 1.06. The molecule has 0 unspecified atom stereocenters. The highest BCUT2D eigenvalue weighted by atomic mass is 32.2. The molecule has 1 aromatic carbocycles. The van der Waals surface area contributed by atoms with E-state index in [1.165, 1.54) is 17.0 Å². The van der Waals surface area contributed by atoms with Gasteiger partial charge in [0.1, 0.15) is 23.4 Å². The molecule has 2 aliphatic rings. The maximum Gasteiger partial charge on any atom is 0.233 e. The van der Waals surface area contributed by atoms with Crippen molar-refractivity contribution in [3.63, 3.8) is 0 Å². The first-order valence-corrected chi connectivity index (χ1v) is 11.1. The highest BCUT2D eigenvalue weighted by molar-refractivity contribution is 8.00. The second-order valence-electron chi connectivity index (χ2n) is 6.50. The normalized spacial score (nSPS) is 23.8. The lowest BCUT2D eigenvalue weighted by molar-refractivity contribution is -0.925. The number of piperazine rings is 1. The molecule has 0 aliphatic carbocycles. The Balaban J connectivity index is 1.47. The zero-order valence-corrected chi connectivity index (χ0v) is 15.3. The Bertz CT molecular complexity index is 750. The quantitative estimate of drug-likeness (QED) is 0.733. The van der Waals surface area contributed by atoms with Crippen molar-refractivity contribution >= 4 is 27.5 Å². The number of rotatable bonds is 4. The Kier molecular flexibility index (Phi) is 5.65. The van der Waals surface area contributed by atoms with Gasteiger partial charge in [0.2, 0.25) is 5.91 Å². The lowest BCUT2D eigenvalue weighted by Gasteiger charge is -2.35. The van der Waals surface area contributed by atoms with Crippen molar-refractivity contribution in [3.05, 3.63) is 29.8 Å². The summed E-state index contributed by atoms with van der Waals surface area (Å²) in [5.41, 5.74) is 0. The third kappa shape index (κ3) is 4.71. The molecule has 1 amide bonds. The van der Waals surface area contributed by atoms with Gasteiger partial charge in [0.15, 0.2) is 9.84 Å². The minimum absolute atomic E-state index is 0.0770. The van der Waals surface area contributed by atoms with Gasteiger partial charge in [-0.1, -0.05) is 0 Å². The minimum Gasteiger partial charge on any atom is -0.331 e. The molecule has 2 fully saturated rings. The molecule has 0 aromatic heterocycles. The lowest BCUT2D eigenvalue weighted by atomic mass is 10.2. The molecule has 0 bridgehead atoms. The average Bonchev–Trinajstić information content (AvgIpc) is 2.94. The lowest BCUT2D eigenvalue weighted by Crippen LogP contribution is -3.18. The summed E-state index contributed by atoms with van der Waals surface area (Å²) in [5, 5.41) is 0. The van der Waals surface area contributed by atoms with Crippen LogP contribution in [0, 0.1) is 11.6 Å². The molecule has 2 saturated heterocycles. The Morgan fingerprint density at radius 2 is 2.00 bits per heavy atom. The molecule has 25 heavy (non-hydrogen) atoms. The van der Waals surface area contributed by atoms with Gasteiger partial charge in [0.25, 0.3) is 0 Å². The summed E-state index contributed by atoms with van der Waals surface area (Å²) in [7, 11) is -2.89. The second kappa shape index (κ2) is 7.59. The van der Waals surface area contributed by atoms with E-state index >= 15 is 0 Å². The Morgan fingerprint density at radius 1 is 1.28 bits per heavy atom. The van der Waals surface area contributed by atoms with Gasteiger partial charge in [0.05, 0.1) is 37.7 Å². The first-order valence-electron chi connectivity index (χ1n) is 8.25. The summed E-state index contributed by atoms with van der Waals surface area (Å²) in [6.45, 7) is 2.64. The third-order valence-electron chi connectivity index (χ3n) is 4.81. The summed E-state index contributed by atoms with van der Waals surface area (Å²) in [6, 6.07) is 3.47. The summed E-state index contributed by atoms with van der Waals surface area (Å²) in [4.78, 5) is 15.5. The summed E-state index contributed by atoms with van der Waals surface area (Å²) in [6.07, 6.45) is 0.700. The molecule has 0 saturated carbocycles. The van der Waals surface area contributed by atoms with Crippen molar-refractivity contribution in [2.45, 2.75) is 17.4 Å². The number of amides is 1. The number of hydrogen-bond acceptors (Lipinski definition) is 4. The molecule has 138 valence electrons. The van der Waals surface area contributed by atoms with Gasteiger partial charge < -0.3 is 9.80 Å². The number of quaternary nitrogens is 1. The SMILES string of the molecule is O=C(CSc1ccc(F)cc1F)N1CC[NH+]([C@H]2CCS(=O)(=O)C2)CC1. The van der Waals surface area contributed by atoms with Crippen LogP contribution < -0.4 is 4.90 Å². The Labute approximate surface area is 150 Å². The van der Waals surface area contributed by atoms with Gasteiger partial charge in [-0.3, -0.25) is 4.79 Å². The van der Waals surface area contributed by atoms with Crippen LogP contribution >= 0.6 is 11.8 Å². The number of benzene rings is 1. The number of halogens is 2. The molecule has 0 spiro atoms. The molecule has 2 heterocycles. The number of nitrogens with one attached hydrogen (secondary N) is 1. The van der Waals surface area contributed by atoms with Crippen LogP contribution in [0.25, 0.3) is 0 Å². The number of hydrogen-bond donors (Lipinski definition) is 1. The maximum absolute atomic E-state index is 13.6. The predicted octanol–water partition coefficient (Wildman–Crippen LogP) is -0.0289. The van der Waals surface area contributed by atoms with Crippen LogP contribution in [0.2, 0.25) is 0 Å². The van der Waals surface area contributed by atoms with Crippen LogP contribution in [-0.2, 0) is 14.6 Å². The van der Waals surface area contributed by atoms with Crippen molar-refractivity contribution in [1.29, 1.82) is 0 Å². The number of carbonyl (C=O) groups excluding carboxylic acids is 1. The van der Waals surface area contributed by atoms with E-state index in [9.17, 15) is 22.0 Å². The number of nitrogens with zero attached hydrogens (tertiary/aromatic N) is 1. The molecule has 3 rings (SSSR count). The Morgan fingerprint density at radius 3 is 2.60 bits per heavy atom. The monoisotopic (exact) mass is 391 g/mol. The van der Waals surface area contributed by atoms with E-state index in [0.29, 0.717) is 19.5 Å². The van der Waals surface area contributed by atoms with Gasteiger partial charge in [-0.15, -0.1) is 11.8 Å². The van der Waals surface area contributed by atoms with E-state index in [4.69, 9.17) is 0 Å². The highest BCUT2D eigenvalue weighted by Crippen LogP contribution is 2.22. The van der Waals surface area contributed by atoms with Crippen molar-refractivity contribution in [1.82, 2.24) is 4.90 Å².